The third-order valence-electron chi connectivity index (χ3n) is 0.699. The molecule has 0 bridgehead atoms. The minimum atomic E-state index is -0.513. The predicted octanol–water partition coefficient (Wildman–Crippen LogP) is 0.850. The summed E-state index contributed by atoms with van der Waals surface area (Å²) in [5.41, 5.74) is 0. The van der Waals surface area contributed by atoms with E-state index in [1.807, 2.05) is 0 Å². The van der Waals surface area contributed by atoms with Gasteiger partial charge < -0.3 is 14.8 Å². The zero-order valence-electron chi connectivity index (χ0n) is 6.14. The molecule has 1 N–H and O–H groups in total. The van der Waals surface area contributed by atoms with Crippen LogP contribution in [0.1, 0.15) is 6.92 Å². The number of alkyl carbamates (subject to hydrolysis) is 1. The van der Waals surface area contributed by atoms with Crippen LogP contribution in [-0.4, -0.2) is 19.9 Å². The Hall–Kier alpha value is -1.19. The first-order valence-corrected chi connectivity index (χ1v) is 2.79. The number of nitrogens with one attached hydrogen (secondary N) is 1. The second-order valence-electron chi connectivity index (χ2n) is 1.65. The largest absolute Gasteiger partial charge is 0.463 e. The Morgan fingerprint density at radius 2 is 2.20 bits per heavy atom. The number of ether oxygens (including phenoxy) is 2. The van der Waals surface area contributed by atoms with E-state index in [1.165, 1.54) is 7.05 Å². The summed E-state index contributed by atoms with van der Waals surface area (Å²) in [7, 11) is 1.48. The molecule has 0 saturated carbocycles. The zero-order chi connectivity index (χ0) is 7.98. The van der Waals surface area contributed by atoms with E-state index in [2.05, 4.69) is 16.6 Å². The van der Waals surface area contributed by atoms with Gasteiger partial charge in [-0.1, -0.05) is 6.58 Å². The fourth-order valence-electron chi connectivity index (χ4n) is 0.256. The van der Waals surface area contributed by atoms with Crippen LogP contribution in [0.2, 0.25) is 0 Å². The Morgan fingerprint density at radius 1 is 1.60 bits per heavy atom. The zero-order valence-corrected chi connectivity index (χ0v) is 6.14. The Morgan fingerprint density at radius 3 is 2.60 bits per heavy atom. The molecule has 0 aromatic heterocycles. The van der Waals surface area contributed by atoms with Crippen LogP contribution in [0.3, 0.4) is 0 Å². The van der Waals surface area contributed by atoms with Crippen molar-refractivity contribution < 1.29 is 14.3 Å². The number of carbonyl (C=O) groups is 1. The standard InChI is InChI=1S/C6H11NO3/c1-5(2)9-4-10-6(8)7-3/h1,4H2,2-3H3,(H,7,8). The average Bonchev–Trinajstić information content (AvgIpc) is 1.87. The van der Waals surface area contributed by atoms with Gasteiger partial charge in [0.15, 0.2) is 0 Å². The Balaban J connectivity index is 3.20. The van der Waals surface area contributed by atoms with Gasteiger partial charge in [-0.25, -0.2) is 4.79 Å². The Bertz CT molecular complexity index is 133. The lowest BCUT2D eigenvalue weighted by molar-refractivity contribution is 0.0218. The van der Waals surface area contributed by atoms with Crippen LogP contribution in [0.25, 0.3) is 0 Å². The van der Waals surface area contributed by atoms with Gasteiger partial charge in [-0.2, -0.15) is 0 Å². The van der Waals surface area contributed by atoms with E-state index < -0.39 is 6.09 Å². The summed E-state index contributed by atoms with van der Waals surface area (Å²) in [4.78, 5) is 10.4. The van der Waals surface area contributed by atoms with Crippen LogP contribution >= 0.6 is 0 Å². The van der Waals surface area contributed by atoms with Crippen molar-refractivity contribution in [3.8, 4) is 0 Å². The van der Waals surface area contributed by atoms with Gasteiger partial charge in [-0.05, 0) is 6.92 Å². The fraction of sp³-hybridized carbons (Fsp3) is 0.500. The van der Waals surface area contributed by atoms with Gasteiger partial charge in [0.05, 0.1) is 5.76 Å². The van der Waals surface area contributed by atoms with E-state index in [4.69, 9.17) is 4.74 Å². The molecule has 0 unspecified atom stereocenters. The lowest BCUT2D eigenvalue weighted by atomic mass is 10.7. The molecule has 0 aliphatic heterocycles. The van der Waals surface area contributed by atoms with Gasteiger partial charge in [0.1, 0.15) is 0 Å². The minimum absolute atomic E-state index is 0.0883. The maximum absolute atomic E-state index is 10.4. The van der Waals surface area contributed by atoms with Gasteiger partial charge in [0, 0.05) is 7.05 Å². The maximum Gasteiger partial charge on any atom is 0.409 e. The van der Waals surface area contributed by atoms with Crippen LogP contribution < -0.4 is 5.32 Å². The molecule has 4 heteroatoms. The highest BCUT2D eigenvalue weighted by molar-refractivity contribution is 5.66. The van der Waals surface area contributed by atoms with E-state index in [0.29, 0.717) is 5.76 Å². The molecule has 0 aromatic rings. The number of carbonyl (C=O) groups excluding carboxylic acids is 1. The molecule has 0 atom stereocenters. The average molecular weight is 145 g/mol. The summed E-state index contributed by atoms with van der Waals surface area (Å²) >= 11 is 0. The van der Waals surface area contributed by atoms with Crippen molar-refractivity contribution in [1.82, 2.24) is 5.32 Å². The third-order valence-corrected chi connectivity index (χ3v) is 0.699. The SMILES string of the molecule is C=C(C)OCOC(=O)NC. The molecule has 0 fully saturated rings. The second kappa shape index (κ2) is 4.67. The maximum atomic E-state index is 10.4. The molecule has 58 valence electrons. The molecule has 0 aliphatic carbocycles. The molecule has 0 radical (unpaired) electrons. The summed E-state index contributed by atoms with van der Waals surface area (Å²) in [6.07, 6.45) is -0.513. The molecule has 0 aromatic carbocycles. The number of rotatable bonds is 3. The summed E-state index contributed by atoms with van der Waals surface area (Å²) < 4.78 is 9.21. The molecule has 4 nitrogen and oxygen atoms in total. The number of hydrogen-bond donors (Lipinski definition) is 1. The monoisotopic (exact) mass is 145 g/mol. The van der Waals surface area contributed by atoms with E-state index in [0.717, 1.165) is 0 Å². The topological polar surface area (TPSA) is 47.6 Å². The molecule has 0 rings (SSSR count). The highest BCUT2D eigenvalue weighted by Gasteiger charge is 1.94. The van der Waals surface area contributed by atoms with Gasteiger partial charge in [-0.3, -0.25) is 0 Å². The molecule has 10 heavy (non-hydrogen) atoms. The van der Waals surface area contributed by atoms with Crippen LogP contribution in [-0.2, 0) is 9.47 Å². The molecule has 0 spiro atoms. The first-order valence-electron chi connectivity index (χ1n) is 2.79. The van der Waals surface area contributed by atoms with Crippen molar-refractivity contribution in [3.63, 3.8) is 0 Å². The summed E-state index contributed by atoms with van der Waals surface area (Å²) in [6.45, 7) is 5.03. The van der Waals surface area contributed by atoms with Gasteiger partial charge in [-0.15, -0.1) is 0 Å². The third kappa shape index (κ3) is 4.96. The van der Waals surface area contributed by atoms with E-state index in [9.17, 15) is 4.79 Å². The minimum Gasteiger partial charge on any atom is -0.463 e. The summed E-state index contributed by atoms with van der Waals surface area (Å²) in [6, 6.07) is 0. The normalized spacial score (nSPS) is 8.20. The van der Waals surface area contributed by atoms with Gasteiger partial charge in [0.25, 0.3) is 0 Å². The number of hydrogen-bond acceptors (Lipinski definition) is 3. The van der Waals surface area contributed by atoms with Crippen molar-refractivity contribution >= 4 is 6.09 Å². The predicted molar refractivity (Wildman–Crippen MR) is 36.3 cm³/mol. The summed E-state index contributed by atoms with van der Waals surface area (Å²) in [5.74, 6) is 0.518. The van der Waals surface area contributed by atoms with Gasteiger partial charge in [0.2, 0.25) is 6.79 Å². The fourth-order valence-corrected chi connectivity index (χ4v) is 0.256. The van der Waals surface area contributed by atoms with Gasteiger partial charge >= 0.3 is 6.09 Å². The molecular weight excluding hydrogens is 134 g/mol. The molecule has 1 amide bonds. The van der Waals surface area contributed by atoms with Crippen LogP contribution in [0.4, 0.5) is 4.79 Å². The smallest absolute Gasteiger partial charge is 0.409 e. The van der Waals surface area contributed by atoms with Crippen molar-refractivity contribution in [2.24, 2.45) is 0 Å². The molecule has 0 saturated heterocycles. The first-order chi connectivity index (χ1) is 4.66. The van der Waals surface area contributed by atoms with Crippen molar-refractivity contribution in [2.45, 2.75) is 6.92 Å². The van der Waals surface area contributed by atoms with E-state index in [-0.39, 0.29) is 6.79 Å². The highest BCUT2D eigenvalue weighted by Crippen LogP contribution is 1.89. The van der Waals surface area contributed by atoms with Crippen LogP contribution in [0, 0.1) is 0 Å². The van der Waals surface area contributed by atoms with Crippen molar-refractivity contribution in [3.05, 3.63) is 12.3 Å². The molecular formula is C6H11NO3. The molecule has 0 aliphatic rings. The lowest BCUT2D eigenvalue weighted by Gasteiger charge is -2.04. The van der Waals surface area contributed by atoms with Crippen LogP contribution in [0.15, 0.2) is 12.3 Å². The van der Waals surface area contributed by atoms with E-state index >= 15 is 0 Å². The van der Waals surface area contributed by atoms with E-state index in [1.54, 1.807) is 6.92 Å². The van der Waals surface area contributed by atoms with Crippen molar-refractivity contribution in [1.29, 1.82) is 0 Å². The Kier molecular flexibility index (Phi) is 4.11. The summed E-state index contributed by atoms with van der Waals surface area (Å²) in [5, 5.41) is 2.27. The second-order valence-corrected chi connectivity index (χ2v) is 1.65. The van der Waals surface area contributed by atoms with Crippen LogP contribution in [0.5, 0.6) is 0 Å². The lowest BCUT2D eigenvalue weighted by Crippen LogP contribution is -2.20. The Labute approximate surface area is 59.8 Å². The number of amides is 1. The quantitative estimate of drug-likeness (QED) is 0.473. The van der Waals surface area contributed by atoms with Crippen molar-refractivity contribution in [2.75, 3.05) is 13.8 Å². The first kappa shape index (κ1) is 8.81. The highest BCUT2D eigenvalue weighted by atomic mass is 16.7. The molecule has 0 heterocycles. The number of allylic oxidation sites excluding steroid dienone is 1.